The molecule has 0 radical (unpaired) electrons. The molecule has 2 aromatic rings. The van der Waals surface area contributed by atoms with Crippen molar-refractivity contribution < 1.29 is 4.79 Å². The molecule has 0 aliphatic rings. The molecular formula is C14H14ClN3O. The molecule has 2 rings (SSSR count). The van der Waals surface area contributed by atoms with Gasteiger partial charge in [0, 0.05) is 12.1 Å². The van der Waals surface area contributed by atoms with Crippen LogP contribution in [0.2, 0.25) is 5.15 Å². The van der Waals surface area contributed by atoms with Crippen molar-refractivity contribution in [3.05, 3.63) is 58.4 Å². The summed E-state index contributed by atoms with van der Waals surface area (Å²) < 4.78 is 0. The van der Waals surface area contributed by atoms with Crippen LogP contribution >= 0.6 is 11.6 Å². The molecule has 0 unspecified atom stereocenters. The number of carbonyl (C=O) groups excluding carboxylic acids is 1. The van der Waals surface area contributed by atoms with Gasteiger partial charge in [0.2, 0.25) is 0 Å². The predicted octanol–water partition coefficient (Wildman–Crippen LogP) is 2.75. The summed E-state index contributed by atoms with van der Waals surface area (Å²) in [6.45, 7) is 2.29. The fourth-order valence-corrected chi connectivity index (χ4v) is 1.73. The van der Waals surface area contributed by atoms with Gasteiger partial charge in [0.25, 0.3) is 5.91 Å². The van der Waals surface area contributed by atoms with E-state index in [1.807, 2.05) is 19.1 Å². The second kappa shape index (κ2) is 5.82. The SMILES string of the molecule is Cc1cc(NC(=O)c2ccc(CN)cc2)cnc1Cl. The van der Waals surface area contributed by atoms with Crippen molar-refractivity contribution in [3.63, 3.8) is 0 Å². The number of rotatable bonds is 3. The summed E-state index contributed by atoms with van der Waals surface area (Å²) in [7, 11) is 0. The van der Waals surface area contributed by atoms with E-state index < -0.39 is 0 Å². The summed E-state index contributed by atoms with van der Waals surface area (Å²) in [4.78, 5) is 16.0. The van der Waals surface area contributed by atoms with Crippen LogP contribution in [0.3, 0.4) is 0 Å². The summed E-state index contributed by atoms with van der Waals surface area (Å²) in [5, 5.41) is 3.21. The molecule has 0 bridgehead atoms. The standard InChI is InChI=1S/C14H14ClN3O/c1-9-6-12(8-17-13(9)15)18-14(19)11-4-2-10(7-16)3-5-11/h2-6,8H,7,16H2,1H3,(H,18,19). The van der Waals surface area contributed by atoms with E-state index in [1.165, 1.54) is 6.20 Å². The van der Waals surface area contributed by atoms with Crippen LogP contribution in [0.25, 0.3) is 0 Å². The second-order valence-corrected chi connectivity index (χ2v) is 4.54. The molecule has 0 fully saturated rings. The molecular weight excluding hydrogens is 262 g/mol. The normalized spacial score (nSPS) is 10.3. The zero-order valence-corrected chi connectivity index (χ0v) is 11.2. The van der Waals surface area contributed by atoms with E-state index in [4.69, 9.17) is 17.3 Å². The van der Waals surface area contributed by atoms with Crippen LogP contribution in [0.15, 0.2) is 36.5 Å². The summed E-state index contributed by atoms with van der Waals surface area (Å²) in [5.41, 5.74) is 8.51. The highest BCUT2D eigenvalue weighted by Gasteiger charge is 2.07. The Labute approximate surface area is 116 Å². The number of hydrogen-bond acceptors (Lipinski definition) is 3. The summed E-state index contributed by atoms with van der Waals surface area (Å²) >= 11 is 5.83. The Morgan fingerprint density at radius 3 is 2.63 bits per heavy atom. The van der Waals surface area contributed by atoms with Crippen molar-refractivity contribution >= 4 is 23.2 Å². The van der Waals surface area contributed by atoms with E-state index >= 15 is 0 Å². The molecule has 0 atom stereocenters. The van der Waals surface area contributed by atoms with E-state index in [0.29, 0.717) is 22.9 Å². The molecule has 0 spiro atoms. The predicted molar refractivity (Wildman–Crippen MR) is 76.3 cm³/mol. The largest absolute Gasteiger partial charge is 0.326 e. The number of hydrogen-bond donors (Lipinski definition) is 2. The van der Waals surface area contributed by atoms with Gasteiger partial charge in [-0.05, 0) is 36.2 Å². The number of pyridine rings is 1. The highest BCUT2D eigenvalue weighted by Crippen LogP contribution is 2.17. The number of anilines is 1. The number of halogens is 1. The van der Waals surface area contributed by atoms with Crippen molar-refractivity contribution in [1.82, 2.24) is 4.98 Å². The minimum atomic E-state index is -0.188. The fourth-order valence-electron chi connectivity index (χ4n) is 1.62. The molecule has 1 amide bonds. The first-order valence-corrected chi connectivity index (χ1v) is 6.20. The van der Waals surface area contributed by atoms with Crippen molar-refractivity contribution in [3.8, 4) is 0 Å². The van der Waals surface area contributed by atoms with Crippen LogP contribution in [-0.4, -0.2) is 10.9 Å². The van der Waals surface area contributed by atoms with Crippen molar-refractivity contribution in [2.45, 2.75) is 13.5 Å². The highest BCUT2D eigenvalue weighted by atomic mass is 35.5. The smallest absolute Gasteiger partial charge is 0.255 e. The third-order valence-electron chi connectivity index (χ3n) is 2.72. The van der Waals surface area contributed by atoms with E-state index in [1.54, 1.807) is 18.2 Å². The molecule has 1 heterocycles. The number of carbonyl (C=O) groups is 1. The van der Waals surface area contributed by atoms with E-state index in [0.717, 1.165) is 11.1 Å². The molecule has 3 N–H and O–H groups in total. The van der Waals surface area contributed by atoms with Gasteiger partial charge in [-0.1, -0.05) is 23.7 Å². The lowest BCUT2D eigenvalue weighted by Crippen LogP contribution is -2.12. The Kier molecular flexibility index (Phi) is 4.14. The summed E-state index contributed by atoms with van der Waals surface area (Å²) in [6, 6.07) is 8.93. The first kappa shape index (κ1) is 13.5. The lowest BCUT2D eigenvalue weighted by Gasteiger charge is -2.07. The van der Waals surface area contributed by atoms with Gasteiger partial charge in [-0.25, -0.2) is 4.98 Å². The van der Waals surface area contributed by atoms with Gasteiger partial charge < -0.3 is 11.1 Å². The zero-order chi connectivity index (χ0) is 13.8. The maximum Gasteiger partial charge on any atom is 0.255 e. The van der Waals surface area contributed by atoms with Crippen LogP contribution in [-0.2, 0) is 6.54 Å². The van der Waals surface area contributed by atoms with Crippen LogP contribution in [0.1, 0.15) is 21.5 Å². The molecule has 19 heavy (non-hydrogen) atoms. The van der Waals surface area contributed by atoms with Gasteiger partial charge in [-0.2, -0.15) is 0 Å². The Hall–Kier alpha value is -1.91. The molecule has 0 saturated heterocycles. The van der Waals surface area contributed by atoms with Crippen LogP contribution < -0.4 is 11.1 Å². The maximum atomic E-state index is 12.0. The van der Waals surface area contributed by atoms with E-state index in [2.05, 4.69) is 10.3 Å². The lowest BCUT2D eigenvalue weighted by molar-refractivity contribution is 0.102. The minimum absolute atomic E-state index is 0.188. The van der Waals surface area contributed by atoms with Gasteiger partial charge in [-0.3, -0.25) is 4.79 Å². The lowest BCUT2D eigenvalue weighted by atomic mass is 10.1. The highest BCUT2D eigenvalue weighted by molar-refractivity contribution is 6.30. The minimum Gasteiger partial charge on any atom is -0.326 e. The summed E-state index contributed by atoms with van der Waals surface area (Å²) in [6.07, 6.45) is 1.53. The summed E-state index contributed by atoms with van der Waals surface area (Å²) in [5.74, 6) is -0.188. The molecule has 4 nitrogen and oxygen atoms in total. The Morgan fingerprint density at radius 2 is 2.05 bits per heavy atom. The molecule has 98 valence electrons. The molecule has 0 aliphatic carbocycles. The number of nitrogens with two attached hydrogens (primary N) is 1. The third kappa shape index (κ3) is 3.30. The molecule has 1 aromatic carbocycles. The zero-order valence-electron chi connectivity index (χ0n) is 10.5. The second-order valence-electron chi connectivity index (χ2n) is 4.19. The van der Waals surface area contributed by atoms with Gasteiger partial charge in [0.05, 0.1) is 11.9 Å². The topological polar surface area (TPSA) is 68.0 Å². The average Bonchev–Trinajstić information content (AvgIpc) is 2.43. The molecule has 5 heteroatoms. The van der Waals surface area contributed by atoms with Gasteiger partial charge in [0.15, 0.2) is 0 Å². The van der Waals surface area contributed by atoms with Crippen molar-refractivity contribution in [1.29, 1.82) is 0 Å². The quantitative estimate of drug-likeness (QED) is 0.847. The van der Waals surface area contributed by atoms with Crippen LogP contribution in [0.5, 0.6) is 0 Å². The van der Waals surface area contributed by atoms with Gasteiger partial charge in [0.1, 0.15) is 5.15 Å². The number of aromatic nitrogens is 1. The Balaban J connectivity index is 2.13. The van der Waals surface area contributed by atoms with Crippen molar-refractivity contribution in [2.75, 3.05) is 5.32 Å². The monoisotopic (exact) mass is 275 g/mol. The molecule has 1 aromatic heterocycles. The van der Waals surface area contributed by atoms with Crippen LogP contribution in [0.4, 0.5) is 5.69 Å². The number of aryl methyl sites for hydroxylation is 1. The first-order valence-electron chi connectivity index (χ1n) is 5.82. The average molecular weight is 276 g/mol. The van der Waals surface area contributed by atoms with Gasteiger partial charge in [-0.15, -0.1) is 0 Å². The maximum absolute atomic E-state index is 12.0. The Bertz CT molecular complexity index is 596. The van der Waals surface area contributed by atoms with E-state index in [9.17, 15) is 4.79 Å². The Morgan fingerprint density at radius 1 is 1.37 bits per heavy atom. The number of benzene rings is 1. The molecule has 0 saturated carbocycles. The third-order valence-corrected chi connectivity index (χ3v) is 3.12. The number of nitrogens with zero attached hydrogens (tertiary/aromatic N) is 1. The number of amides is 1. The fraction of sp³-hybridized carbons (Fsp3) is 0.143. The number of nitrogens with one attached hydrogen (secondary N) is 1. The van der Waals surface area contributed by atoms with Gasteiger partial charge >= 0.3 is 0 Å². The molecule has 0 aliphatic heterocycles. The van der Waals surface area contributed by atoms with Crippen molar-refractivity contribution in [2.24, 2.45) is 5.73 Å². The van der Waals surface area contributed by atoms with E-state index in [-0.39, 0.29) is 5.91 Å². The first-order chi connectivity index (χ1) is 9.10. The van der Waals surface area contributed by atoms with Crippen LogP contribution in [0, 0.1) is 6.92 Å².